The number of amides is 1. The van der Waals surface area contributed by atoms with Crippen molar-refractivity contribution in [3.05, 3.63) is 34.9 Å². The van der Waals surface area contributed by atoms with Gasteiger partial charge in [0.05, 0.1) is 0 Å². The van der Waals surface area contributed by atoms with Gasteiger partial charge in [-0.2, -0.15) is 0 Å². The zero-order valence-corrected chi connectivity index (χ0v) is 13.7. The van der Waals surface area contributed by atoms with Gasteiger partial charge in [-0.25, -0.2) is 0 Å². The molecule has 116 valence electrons. The fourth-order valence-electron chi connectivity index (χ4n) is 2.91. The van der Waals surface area contributed by atoms with E-state index in [-0.39, 0.29) is 5.91 Å². The standard InChI is InChI=1S/C18H28N2O/c1-5-9-19-17(13(4)12(2)3)15-7-6-14-8-10-20-18(21)16(14)11-15/h6-7,11-13,17,19H,5,8-10H2,1-4H3,(H,20,21). The molecule has 2 atom stereocenters. The highest BCUT2D eigenvalue weighted by molar-refractivity contribution is 5.96. The van der Waals surface area contributed by atoms with Crippen molar-refractivity contribution in [2.75, 3.05) is 13.1 Å². The molecule has 2 rings (SSSR count). The van der Waals surface area contributed by atoms with Crippen LogP contribution in [-0.2, 0) is 6.42 Å². The van der Waals surface area contributed by atoms with Crippen LogP contribution in [0.4, 0.5) is 0 Å². The highest BCUT2D eigenvalue weighted by Gasteiger charge is 2.24. The number of fused-ring (bicyclic) bond motifs is 1. The first-order chi connectivity index (χ1) is 10.0. The van der Waals surface area contributed by atoms with Crippen LogP contribution >= 0.6 is 0 Å². The molecule has 1 heterocycles. The van der Waals surface area contributed by atoms with Gasteiger partial charge in [0.2, 0.25) is 0 Å². The Balaban J connectivity index is 2.31. The lowest BCUT2D eigenvalue weighted by molar-refractivity contribution is 0.0946. The van der Waals surface area contributed by atoms with Crippen LogP contribution in [0, 0.1) is 11.8 Å². The van der Waals surface area contributed by atoms with Crippen molar-refractivity contribution in [1.29, 1.82) is 0 Å². The van der Waals surface area contributed by atoms with E-state index < -0.39 is 0 Å². The number of carbonyl (C=O) groups is 1. The summed E-state index contributed by atoms with van der Waals surface area (Å²) in [6.45, 7) is 10.8. The van der Waals surface area contributed by atoms with Gasteiger partial charge < -0.3 is 10.6 Å². The quantitative estimate of drug-likeness (QED) is 0.843. The summed E-state index contributed by atoms with van der Waals surface area (Å²) in [5.41, 5.74) is 3.27. The molecule has 1 aliphatic heterocycles. The molecule has 0 aliphatic carbocycles. The normalized spacial score (nSPS) is 17.3. The maximum absolute atomic E-state index is 12.0. The van der Waals surface area contributed by atoms with Gasteiger partial charge in [0.15, 0.2) is 0 Å². The minimum absolute atomic E-state index is 0.0736. The maximum atomic E-state index is 12.0. The Hall–Kier alpha value is -1.35. The van der Waals surface area contributed by atoms with E-state index in [1.54, 1.807) is 0 Å². The van der Waals surface area contributed by atoms with Crippen LogP contribution in [-0.4, -0.2) is 19.0 Å². The largest absolute Gasteiger partial charge is 0.352 e. The van der Waals surface area contributed by atoms with E-state index >= 15 is 0 Å². The van der Waals surface area contributed by atoms with Gasteiger partial charge in [0, 0.05) is 18.2 Å². The lowest BCUT2D eigenvalue weighted by Gasteiger charge is -2.29. The van der Waals surface area contributed by atoms with Gasteiger partial charge in [0.1, 0.15) is 0 Å². The summed E-state index contributed by atoms with van der Waals surface area (Å²) in [7, 11) is 0. The molecule has 1 aliphatic rings. The molecule has 0 aromatic heterocycles. The summed E-state index contributed by atoms with van der Waals surface area (Å²) in [4.78, 5) is 12.0. The first-order valence-corrected chi connectivity index (χ1v) is 8.19. The van der Waals surface area contributed by atoms with Gasteiger partial charge >= 0.3 is 0 Å². The Labute approximate surface area is 128 Å². The van der Waals surface area contributed by atoms with Crippen molar-refractivity contribution >= 4 is 5.91 Å². The Bertz CT molecular complexity index is 496. The van der Waals surface area contributed by atoms with Gasteiger partial charge in [-0.15, -0.1) is 0 Å². The first-order valence-electron chi connectivity index (χ1n) is 8.19. The molecule has 3 nitrogen and oxygen atoms in total. The van der Waals surface area contributed by atoms with E-state index in [1.165, 1.54) is 11.1 Å². The third-order valence-electron chi connectivity index (χ3n) is 4.61. The van der Waals surface area contributed by atoms with Crippen LogP contribution in [0.15, 0.2) is 18.2 Å². The average molecular weight is 288 g/mol. The van der Waals surface area contributed by atoms with Gasteiger partial charge in [-0.1, -0.05) is 39.8 Å². The predicted octanol–water partition coefficient (Wildman–Crippen LogP) is 3.31. The summed E-state index contributed by atoms with van der Waals surface area (Å²) < 4.78 is 0. The van der Waals surface area contributed by atoms with Crippen molar-refractivity contribution in [1.82, 2.24) is 10.6 Å². The molecule has 0 saturated heterocycles. The highest BCUT2D eigenvalue weighted by Crippen LogP contribution is 2.29. The van der Waals surface area contributed by atoms with E-state index in [1.807, 2.05) is 0 Å². The number of hydrogen-bond acceptors (Lipinski definition) is 2. The van der Waals surface area contributed by atoms with Crippen LogP contribution in [0.5, 0.6) is 0 Å². The molecule has 0 saturated carbocycles. The summed E-state index contributed by atoms with van der Waals surface area (Å²) in [6, 6.07) is 6.74. The number of carbonyl (C=O) groups excluding carboxylic acids is 1. The molecule has 1 aromatic rings. The molecule has 0 spiro atoms. The molecular weight excluding hydrogens is 260 g/mol. The van der Waals surface area contributed by atoms with E-state index in [0.717, 1.165) is 31.5 Å². The average Bonchev–Trinajstić information content (AvgIpc) is 2.48. The zero-order chi connectivity index (χ0) is 15.4. The minimum atomic E-state index is 0.0736. The molecule has 0 fully saturated rings. The summed E-state index contributed by atoms with van der Waals surface area (Å²) >= 11 is 0. The van der Waals surface area contributed by atoms with Gasteiger partial charge in [-0.3, -0.25) is 4.79 Å². The lowest BCUT2D eigenvalue weighted by atomic mass is 9.84. The second-order valence-corrected chi connectivity index (χ2v) is 6.46. The Kier molecular flexibility index (Phi) is 5.40. The monoisotopic (exact) mass is 288 g/mol. The zero-order valence-electron chi connectivity index (χ0n) is 13.7. The molecular formula is C18H28N2O. The topological polar surface area (TPSA) is 41.1 Å². The molecule has 2 unspecified atom stereocenters. The second kappa shape index (κ2) is 7.08. The predicted molar refractivity (Wildman–Crippen MR) is 87.5 cm³/mol. The lowest BCUT2D eigenvalue weighted by Crippen LogP contribution is -2.33. The molecule has 1 aromatic carbocycles. The molecule has 21 heavy (non-hydrogen) atoms. The second-order valence-electron chi connectivity index (χ2n) is 6.46. The Morgan fingerprint density at radius 1 is 1.29 bits per heavy atom. The third kappa shape index (κ3) is 3.65. The first kappa shape index (κ1) is 16.0. The number of nitrogens with one attached hydrogen (secondary N) is 2. The van der Waals surface area contributed by atoms with E-state index in [2.05, 4.69) is 56.5 Å². The molecule has 2 N–H and O–H groups in total. The summed E-state index contributed by atoms with van der Waals surface area (Å²) in [5, 5.41) is 6.60. The minimum Gasteiger partial charge on any atom is -0.352 e. The molecule has 1 amide bonds. The summed E-state index contributed by atoms with van der Waals surface area (Å²) in [5.74, 6) is 1.20. The Morgan fingerprint density at radius 3 is 2.71 bits per heavy atom. The van der Waals surface area contributed by atoms with E-state index in [4.69, 9.17) is 0 Å². The fraction of sp³-hybridized carbons (Fsp3) is 0.611. The SMILES string of the molecule is CCCNC(c1ccc2c(c1)C(=O)NCC2)C(C)C(C)C. The van der Waals surface area contributed by atoms with E-state index in [9.17, 15) is 4.79 Å². The van der Waals surface area contributed by atoms with Crippen molar-refractivity contribution in [2.45, 2.75) is 46.6 Å². The maximum Gasteiger partial charge on any atom is 0.251 e. The number of benzene rings is 1. The summed E-state index contributed by atoms with van der Waals surface area (Å²) in [6.07, 6.45) is 2.06. The van der Waals surface area contributed by atoms with Crippen molar-refractivity contribution in [2.24, 2.45) is 11.8 Å². The van der Waals surface area contributed by atoms with Gasteiger partial charge in [-0.05, 0) is 48.4 Å². The number of rotatable bonds is 6. The van der Waals surface area contributed by atoms with Crippen LogP contribution in [0.1, 0.15) is 61.6 Å². The Morgan fingerprint density at radius 2 is 2.05 bits per heavy atom. The van der Waals surface area contributed by atoms with Gasteiger partial charge in [0.25, 0.3) is 5.91 Å². The van der Waals surface area contributed by atoms with Crippen LogP contribution in [0.2, 0.25) is 0 Å². The van der Waals surface area contributed by atoms with Crippen LogP contribution < -0.4 is 10.6 Å². The van der Waals surface area contributed by atoms with Crippen molar-refractivity contribution in [3.8, 4) is 0 Å². The van der Waals surface area contributed by atoms with E-state index in [0.29, 0.717) is 17.9 Å². The molecule has 0 radical (unpaired) electrons. The number of hydrogen-bond donors (Lipinski definition) is 2. The van der Waals surface area contributed by atoms with Crippen molar-refractivity contribution in [3.63, 3.8) is 0 Å². The third-order valence-corrected chi connectivity index (χ3v) is 4.61. The van der Waals surface area contributed by atoms with Crippen LogP contribution in [0.3, 0.4) is 0 Å². The molecule has 0 bridgehead atoms. The fourth-order valence-corrected chi connectivity index (χ4v) is 2.91. The smallest absolute Gasteiger partial charge is 0.251 e. The molecule has 3 heteroatoms. The highest BCUT2D eigenvalue weighted by atomic mass is 16.1. The van der Waals surface area contributed by atoms with Crippen LogP contribution in [0.25, 0.3) is 0 Å². The van der Waals surface area contributed by atoms with Crippen molar-refractivity contribution < 1.29 is 4.79 Å².